The lowest BCUT2D eigenvalue weighted by molar-refractivity contribution is -0.160. The second-order valence-corrected chi connectivity index (χ2v) is 22.5. The zero-order valence-electron chi connectivity index (χ0n) is 49.0. The third-order valence-corrected chi connectivity index (χ3v) is 16.2. The van der Waals surface area contributed by atoms with Gasteiger partial charge in [-0.15, -0.1) is 0 Å². The summed E-state index contributed by atoms with van der Waals surface area (Å²) >= 11 is 0. The second kappa shape index (κ2) is 32.9. The molecule has 6 rings (SSSR count). The van der Waals surface area contributed by atoms with E-state index in [-0.39, 0.29) is 70.8 Å². The average molecular weight is 1210 g/mol. The lowest BCUT2D eigenvalue weighted by atomic mass is 9.96. The maximum atomic E-state index is 14.4. The molecular weight excluding hydrogens is 1130 g/mol. The van der Waals surface area contributed by atoms with Gasteiger partial charge in [-0.05, 0) is 74.6 Å². The number of aliphatic carboxylic acids is 4. The van der Waals surface area contributed by atoms with E-state index >= 15 is 0 Å². The molecule has 0 aliphatic carbocycles. The first-order valence-corrected chi connectivity index (χ1v) is 29.3. The van der Waals surface area contributed by atoms with Gasteiger partial charge in [-0.1, -0.05) is 38.5 Å². The number of likely N-dealkylation sites (tertiary alicyclic amines) is 1. The van der Waals surface area contributed by atoms with E-state index in [9.17, 15) is 78.0 Å². The number of benzene rings is 1. The molecule has 0 bridgehead atoms. The Labute approximate surface area is 497 Å². The van der Waals surface area contributed by atoms with E-state index in [0.29, 0.717) is 90.3 Å². The molecule has 1 aromatic carbocycles. The van der Waals surface area contributed by atoms with Crippen LogP contribution >= 0.6 is 0 Å². The van der Waals surface area contributed by atoms with Crippen LogP contribution in [0.15, 0.2) is 18.2 Å². The maximum absolute atomic E-state index is 14.4. The first kappa shape index (κ1) is 67.7. The van der Waals surface area contributed by atoms with Gasteiger partial charge in [-0.3, -0.25) is 77.1 Å². The predicted molar refractivity (Wildman–Crippen MR) is 302 cm³/mol. The Bertz CT molecular complexity index is 2590. The number of methoxy groups -OCH3 is 1. The Morgan fingerprint density at radius 1 is 0.674 bits per heavy atom. The number of carboxylic acid groups (broad SMARTS) is 4. The first-order valence-electron chi connectivity index (χ1n) is 29.3. The van der Waals surface area contributed by atoms with Gasteiger partial charge in [0, 0.05) is 78.7 Å². The molecule has 30 heteroatoms. The normalized spacial score (nSPS) is 22.0. The molecule has 2 unspecified atom stereocenters. The van der Waals surface area contributed by atoms with Crippen LogP contribution in [0.25, 0.3) is 0 Å². The van der Waals surface area contributed by atoms with Crippen molar-refractivity contribution in [3.05, 3.63) is 29.3 Å². The number of aryl methyl sites for hydroxylation is 1. The smallest absolute Gasteiger partial charge is 0.317 e. The standard InChI is InChI=1S/C56H83N11O19/c1-4-33(2)49(54(82)60-39-9-8-35-6-5-7-36-26-41(67(50(35)36)55(39)83)53(81)61-40-27-48(78)86-56(40)84-3)62-43(69)32-85-25-16-57-51(79)37(10-12-44(70)71)59-52(80)38(11-13-45(72)73)58-42(68)29-63-17-14-34(15-18-63)28-64-19-21-65(30-46(74)75)23-24-66(22-20-64)31-47(76)77/h5-7,33-34,37-41,49,56H,4,8-32H2,1-3H3,(H,57,79)(H,58,68)(H,59,80)(H,60,82)(H,61,81)(H,62,69)(H,70,71)(H,72,73)(H,74,75)(H,76,77)/t33-,37+,38+,39-,40?,41-,49-,56?/m0/s1. The van der Waals surface area contributed by atoms with E-state index in [1.54, 1.807) is 16.7 Å². The van der Waals surface area contributed by atoms with Crippen LogP contribution in [0.2, 0.25) is 0 Å². The molecule has 476 valence electrons. The lowest BCUT2D eigenvalue weighted by Crippen LogP contribution is -2.59. The van der Waals surface area contributed by atoms with Crippen molar-refractivity contribution in [2.45, 2.75) is 127 Å². The molecule has 30 nitrogen and oxygen atoms in total. The monoisotopic (exact) mass is 1210 g/mol. The quantitative estimate of drug-likeness (QED) is 0.0261. The number of carbonyl (C=O) groups excluding carboxylic acids is 8. The molecule has 5 heterocycles. The van der Waals surface area contributed by atoms with E-state index in [2.05, 4.69) is 36.8 Å². The molecule has 5 aliphatic rings. The number of cyclic esters (lactones) is 1. The van der Waals surface area contributed by atoms with Crippen LogP contribution in [-0.2, 0) is 84.6 Å². The van der Waals surface area contributed by atoms with E-state index in [0.717, 1.165) is 11.1 Å². The highest BCUT2D eigenvalue weighted by atomic mass is 16.7. The summed E-state index contributed by atoms with van der Waals surface area (Å²) < 4.78 is 15.9. The molecule has 5 aliphatic heterocycles. The van der Waals surface area contributed by atoms with Gasteiger partial charge >= 0.3 is 29.8 Å². The fourth-order valence-electron chi connectivity index (χ4n) is 11.4. The van der Waals surface area contributed by atoms with Gasteiger partial charge in [0.05, 0.1) is 38.3 Å². The number of carbonyl (C=O) groups is 12. The number of carboxylic acids is 4. The highest BCUT2D eigenvalue weighted by molar-refractivity contribution is 6.08. The maximum Gasteiger partial charge on any atom is 0.317 e. The largest absolute Gasteiger partial charge is 0.481 e. The van der Waals surface area contributed by atoms with E-state index in [1.165, 1.54) is 12.0 Å². The van der Waals surface area contributed by atoms with Crippen molar-refractivity contribution in [3.8, 4) is 0 Å². The Balaban J connectivity index is 0.964. The molecule has 3 saturated heterocycles. The number of esters is 1. The van der Waals surface area contributed by atoms with Crippen molar-refractivity contribution in [2.75, 3.05) is 110 Å². The van der Waals surface area contributed by atoms with Crippen LogP contribution in [0, 0.1) is 11.8 Å². The minimum absolute atomic E-state index is 0.119. The number of ether oxygens (including phenoxy) is 3. The van der Waals surface area contributed by atoms with E-state index < -0.39 is 139 Å². The molecule has 86 heavy (non-hydrogen) atoms. The van der Waals surface area contributed by atoms with Gasteiger partial charge in [-0.2, -0.15) is 0 Å². The molecule has 7 amide bonds. The van der Waals surface area contributed by atoms with Gasteiger partial charge in [-0.25, -0.2) is 0 Å². The summed E-state index contributed by atoms with van der Waals surface area (Å²) in [6.07, 6.45) is -0.333. The summed E-state index contributed by atoms with van der Waals surface area (Å²) in [5, 5.41) is 53.6. The molecule has 0 radical (unpaired) electrons. The van der Waals surface area contributed by atoms with Crippen molar-refractivity contribution in [1.29, 1.82) is 0 Å². The Kier molecular flexibility index (Phi) is 25.9. The summed E-state index contributed by atoms with van der Waals surface area (Å²) in [6.45, 7) is 6.78. The van der Waals surface area contributed by atoms with Crippen LogP contribution < -0.4 is 36.8 Å². The number of nitrogens with zero attached hydrogens (tertiary/aromatic N) is 5. The van der Waals surface area contributed by atoms with Crippen molar-refractivity contribution >= 4 is 76.9 Å². The lowest BCUT2D eigenvalue weighted by Gasteiger charge is -2.35. The van der Waals surface area contributed by atoms with Crippen molar-refractivity contribution < 1.29 is 92.2 Å². The topological polar surface area (TPSA) is 402 Å². The zero-order chi connectivity index (χ0) is 62.6. The third-order valence-electron chi connectivity index (χ3n) is 16.2. The summed E-state index contributed by atoms with van der Waals surface area (Å²) in [6, 6.07) is -1.37. The number of para-hydroxylation sites is 1. The highest BCUT2D eigenvalue weighted by Crippen LogP contribution is 2.39. The average Bonchev–Trinajstić information content (AvgIpc) is 1.65. The molecule has 0 saturated carbocycles. The van der Waals surface area contributed by atoms with Crippen LogP contribution in [0.3, 0.4) is 0 Å². The first-order chi connectivity index (χ1) is 41.0. The number of piperidine rings is 1. The number of anilines is 1. The SMILES string of the molecule is CC[C@H](C)[C@H](NC(=O)COCCNC(=O)[C@@H](CCC(=O)O)NC(=O)[C@@H](CCC(=O)O)NC(=O)CN1CCC(CN2CCN(CC(=O)O)CCN(CC(=O)O)CC2)CC1)C(=O)N[C@H]1CCc2cccc3c2N(C1=O)[C@H](C(=O)NC1CC(=O)OC1OC)C3. The van der Waals surface area contributed by atoms with E-state index in [4.69, 9.17) is 14.2 Å². The number of amides is 7. The van der Waals surface area contributed by atoms with Gasteiger partial charge in [0.25, 0.3) is 0 Å². The second-order valence-electron chi connectivity index (χ2n) is 22.5. The van der Waals surface area contributed by atoms with Crippen LogP contribution in [0.4, 0.5) is 5.69 Å². The van der Waals surface area contributed by atoms with Gasteiger partial charge in [0.15, 0.2) is 0 Å². The molecular formula is C56H83N11O19. The summed E-state index contributed by atoms with van der Waals surface area (Å²) in [7, 11) is 1.34. The summed E-state index contributed by atoms with van der Waals surface area (Å²) in [5.74, 6) is -10.00. The highest BCUT2D eigenvalue weighted by Gasteiger charge is 2.46. The number of hydrogen-bond donors (Lipinski definition) is 10. The van der Waals surface area contributed by atoms with Crippen LogP contribution in [0.5, 0.6) is 0 Å². The molecule has 3 fully saturated rings. The molecule has 1 aromatic rings. The molecule has 0 aromatic heterocycles. The van der Waals surface area contributed by atoms with Crippen molar-refractivity contribution in [2.24, 2.45) is 11.8 Å². The fraction of sp³-hybridized carbons (Fsp3) is 0.679. The number of nitrogens with one attached hydrogen (secondary N) is 6. The Hall–Kier alpha value is -7.38. The Morgan fingerprint density at radius 3 is 1.86 bits per heavy atom. The number of rotatable bonds is 31. The summed E-state index contributed by atoms with van der Waals surface area (Å²) in [4.78, 5) is 163. The predicted octanol–water partition coefficient (Wildman–Crippen LogP) is -3.06. The van der Waals surface area contributed by atoms with Crippen LogP contribution in [-0.4, -0.2) is 259 Å². The minimum Gasteiger partial charge on any atom is -0.481 e. The van der Waals surface area contributed by atoms with E-state index in [1.807, 2.05) is 30.0 Å². The zero-order valence-corrected chi connectivity index (χ0v) is 49.0. The minimum atomic E-state index is -1.45. The molecule has 8 atom stereocenters. The summed E-state index contributed by atoms with van der Waals surface area (Å²) in [5.41, 5.74) is 2.16. The number of hydrogen-bond acceptors (Lipinski definition) is 19. The van der Waals surface area contributed by atoms with Crippen molar-refractivity contribution in [1.82, 2.24) is 51.5 Å². The third kappa shape index (κ3) is 20.4. The van der Waals surface area contributed by atoms with Crippen molar-refractivity contribution in [3.63, 3.8) is 0 Å². The van der Waals surface area contributed by atoms with Crippen LogP contribution in [0.1, 0.15) is 82.8 Å². The van der Waals surface area contributed by atoms with Gasteiger partial charge in [0.1, 0.15) is 42.9 Å². The Morgan fingerprint density at radius 2 is 1.27 bits per heavy atom. The molecule has 0 spiro atoms. The molecule has 10 N–H and O–H groups in total. The van der Waals surface area contributed by atoms with Gasteiger partial charge < -0.3 is 71.4 Å². The van der Waals surface area contributed by atoms with Gasteiger partial charge in [0.2, 0.25) is 47.6 Å². The fourth-order valence-corrected chi connectivity index (χ4v) is 11.4.